The topological polar surface area (TPSA) is 61.4 Å². The summed E-state index contributed by atoms with van der Waals surface area (Å²) in [4.78, 5) is 27.5. The fourth-order valence-corrected chi connectivity index (χ4v) is 3.94. The summed E-state index contributed by atoms with van der Waals surface area (Å²) in [7, 11) is 2.03. The van der Waals surface area contributed by atoms with E-state index in [0.717, 1.165) is 23.7 Å². The summed E-state index contributed by atoms with van der Waals surface area (Å²) >= 11 is 1.45. The normalized spacial score (nSPS) is 16.1. The molecule has 1 heterocycles. The van der Waals surface area contributed by atoms with Gasteiger partial charge in [0, 0.05) is 31.0 Å². The van der Waals surface area contributed by atoms with Crippen LogP contribution in [0.5, 0.6) is 0 Å². The number of carbonyl (C=O) groups excluding carboxylic acids is 2. The van der Waals surface area contributed by atoms with Gasteiger partial charge in [0.15, 0.2) is 0 Å². The van der Waals surface area contributed by atoms with Crippen LogP contribution in [0.1, 0.15) is 12.0 Å². The van der Waals surface area contributed by atoms with Crippen LogP contribution in [0.15, 0.2) is 59.5 Å². The molecule has 2 aromatic rings. The number of hydrogen-bond donors (Lipinski definition) is 2. The molecule has 6 heteroatoms. The molecule has 0 radical (unpaired) electrons. The van der Waals surface area contributed by atoms with Crippen molar-refractivity contribution in [3.05, 3.63) is 60.2 Å². The second kappa shape index (κ2) is 8.87. The van der Waals surface area contributed by atoms with Crippen LogP contribution in [-0.2, 0) is 16.1 Å². The number of anilines is 1. The highest BCUT2D eigenvalue weighted by Gasteiger charge is 2.28. The van der Waals surface area contributed by atoms with Gasteiger partial charge in [0.2, 0.25) is 11.8 Å². The van der Waals surface area contributed by atoms with E-state index in [1.54, 1.807) is 0 Å². The minimum absolute atomic E-state index is 0.0925. The SMILES string of the molecule is CN(CCNC(=O)CC1Sc2ccccc2NC1=O)Cc1ccccc1. The van der Waals surface area contributed by atoms with Crippen molar-refractivity contribution in [2.75, 3.05) is 25.5 Å². The monoisotopic (exact) mass is 369 g/mol. The molecule has 2 amide bonds. The lowest BCUT2D eigenvalue weighted by Crippen LogP contribution is -2.37. The quantitative estimate of drug-likeness (QED) is 0.788. The summed E-state index contributed by atoms with van der Waals surface area (Å²) in [5, 5.41) is 5.40. The van der Waals surface area contributed by atoms with Crippen molar-refractivity contribution in [1.29, 1.82) is 0 Å². The van der Waals surface area contributed by atoms with Gasteiger partial charge in [-0.25, -0.2) is 0 Å². The molecule has 1 aliphatic rings. The summed E-state index contributed by atoms with van der Waals surface area (Å²) < 4.78 is 0. The number of likely N-dealkylation sites (N-methyl/N-ethyl adjacent to an activating group) is 1. The molecule has 2 aromatic carbocycles. The standard InChI is InChI=1S/C20H23N3O2S/c1-23(14-15-7-3-2-4-8-15)12-11-21-19(24)13-18-20(25)22-16-9-5-6-10-17(16)26-18/h2-10,18H,11-14H2,1H3,(H,21,24)(H,22,25). The maximum atomic E-state index is 12.2. The van der Waals surface area contributed by atoms with Gasteiger partial charge in [-0.1, -0.05) is 42.5 Å². The van der Waals surface area contributed by atoms with Gasteiger partial charge in [0.1, 0.15) is 0 Å². The highest BCUT2D eigenvalue weighted by atomic mass is 32.2. The van der Waals surface area contributed by atoms with Gasteiger partial charge in [-0.3, -0.25) is 9.59 Å². The lowest BCUT2D eigenvalue weighted by Gasteiger charge is -2.23. The van der Waals surface area contributed by atoms with Crippen LogP contribution in [0.3, 0.4) is 0 Å². The zero-order valence-electron chi connectivity index (χ0n) is 14.8. The minimum atomic E-state index is -0.382. The van der Waals surface area contributed by atoms with Crippen molar-refractivity contribution in [2.45, 2.75) is 23.1 Å². The van der Waals surface area contributed by atoms with E-state index in [1.165, 1.54) is 17.3 Å². The Kier molecular flexibility index (Phi) is 6.30. The fraction of sp³-hybridized carbons (Fsp3) is 0.300. The van der Waals surface area contributed by atoms with Gasteiger partial charge in [-0.2, -0.15) is 0 Å². The van der Waals surface area contributed by atoms with Crippen molar-refractivity contribution >= 4 is 29.3 Å². The third-order valence-corrected chi connectivity index (χ3v) is 5.46. The Labute approximate surface area is 158 Å². The van der Waals surface area contributed by atoms with E-state index in [0.29, 0.717) is 6.54 Å². The molecule has 0 saturated carbocycles. The van der Waals surface area contributed by atoms with Crippen molar-refractivity contribution in [3.63, 3.8) is 0 Å². The highest BCUT2D eigenvalue weighted by molar-refractivity contribution is 8.01. The summed E-state index contributed by atoms with van der Waals surface area (Å²) in [6.07, 6.45) is 0.188. The molecule has 0 spiro atoms. The van der Waals surface area contributed by atoms with Crippen LogP contribution < -0.4 is 10.6 Å². The number of fused-ring (bicyclic) bond motifs is 1. The lowest BCUT2D eigenvalue weighted by molar-refractivity contribution is -0.124. The molecule has 0 aromatic heterocycles. The van der Waals surface area contributed by atoms with Gasteiger partial charge in [-0.05, 0) is 24.7 Å². The largest absolute Gasteiger partial charge is 0.355 e. The van der Waals surface area contributed by atoms with E-state index < -0.39 is 0 Å². The predicted molar refractivity (Wildman–Crippen MR) is 105 cm³/mol. The van der Waals surface area contributed by atoms with Crippen molar-refractivity contribution < 1.29 is 9.59 Å². The molecule has 0 saturated heterocycles. The van der Waals surface area contributed by atoms with Gasteiger partial charge in [-0.15, -0.1) is 11.8 Å². The molecule has 26 heavy (non-hydrogen) atoms. The number of para-hydroxylation sites is 1. The number of carbonyl (C=O) groups is 2. The minimum Gasteiger partial charge on any atom is -0.355 e. The summed E-state index contributed by atoms with van der Waals surface area (Å²) in [5.74, 6) is -0.199. The molecular weight excluding hydrogens is 346 g/mol. The second-order valence-corrected chi connectivity index (χ2v) is 7.61. The van der Waals surface area contributed by atoms with Gasteiger partial charge in [0.25, 0.3) is 0 Å². The van der Waals surface area contributed by atoms with E-state index in [9.17, 15) is 9.59 Å². The maximum absolute atomic E-state index is 12.2. The van der Waals surface area contributed by atoms with Crippen molar-refractivity contribution in [1.82, 2.24) is 10.2 Å². The summed E-state index contributed by atoms with van der Waals surface area (Å²) in [6.45, 7) is 2.17. The molecule has 2 N–H and O–H groups in total. The van der Waals surface area contributed by atoms with Crippen LogP contribution in [0.2, 0.25) is 0 Å². The van der Waals surface area contributed by atoms with Crippen LogP contribution in [0, 0.1) is 0 Å². The number of nitrogens with zero attached hydrogens (tertiary/aromatic N) is 1. The van der Waals surface area contributed by atoms with Gasteiger partial charge >= 0.3 is 0 Å². The number of benzene rings is 2. The Morgan fingerprint density at radius 1 is 1.15 bits per heavy atom. The van der Waals surface area contributed by atoms with Crippen molar-refractivity contribution in [3.8, 4) is 0 Å². The molecule has 0 bridgehead atoms. The summed E-state index contributed by atoms with van der Waals surface area (Å²) in [5.41, 5.74) is 2.07. The highest BCUT2D eigenvalue weighted by Crippen LogP contribution is 2.36. The number of nitrogens with one attached hydrogen (secondary N) is 2. The Hall–Kier alpha value is -2.31. The fourth-order valence-electron chi connectivity index (χ4n) is 2.83. The first-order chi connectivity index (χ1) is 12.6. The molecule has 3 rings (SSSR count). The molecule has 1 unspecified atom stereocenters. The second-order valence-electron chi connectivity index (χ2n) is 6.37. The average Bonchev–Trinajstić information content (AvgIpc) is 2.63. The van der Waals surface area contributed by atoms with Crippen LogP contribution in [0.4, 0.5) is 5.69 Å². The van der Waals surface area contributed by atoms with E-state index in [4.69, 9.17) is 0 Å². The lowest BCUT2D eigenvalue weighted by atomic mass is 10.2. The molecule has 1 atom stereocenters. The zero-order valence-corrected chi connectivity index (χ0v) is 15.6. The Balaban J connectivity index is 1.41. The van der Waals surface area contributed by atoms with Gasteiger partial charge in [0.05, 0.1) is 10.9 Å². The van der Waals surface area contributed by atoms with Crippen molar-refractivity contribution in [2.24, 2.45) is 0 Å². The van der Waals surface area contributed by atoms with E-state index >= 15 is 0 Å². The Morgan fingerprint density at radius 2 is 1.88 bits per heavy atom. The number of rotatable bonds is 7. The first-order valence-corrected chi connectivity index (χ1v) is 9.55. The Morgan fingerprint density at radius 3 is 2.69 bits per heavy atom. The number of thioether (sulfide) groups is 1. The van der Waals surface area contributed by atoms with E-state index in [2.05, 4.69) is 27.7 Å². The molecule has 1 aliphatic heterocycles. The molecular formula is C20H23N3O2S. The maximum Gasteiger partial charge on any atom is 0.238 e. The molecule has 0 aliphatic carbocycles. The van der Waals surface area contributed by atoms with Gasteiger partial charge < -0.3 is 15.5 Å². The van der Waals surface area contributed by atoms with E-state index in [-0.39, 0.29) is 23.5 Å². The third kappa shape index (κ3) is 5.09. The zero-order chi connectivity index (χ0) is 18.4. The van der Waals surface area contributed by atoms with Crippen LogP contribution in [0.25, 0.3) is 0 Å². The predicted octanol–water partition coefficient (Wildman–Crippen LogP) is 2.74. The summed E-state index contributed by atoms with van der Waals surface area (Å²) in [6, 6.07) is 17.9. The molecule has 0 fully saturated rings. The van der Waals surface area contributed by atoms with Crippen LogP contribution >= 0.6 is 11.8 Å². The molecule has 5 nitrogen and oxygen atoms in total. The number of hydrogen-bond acceptors (Lipinski definition) is 4. The first-order valence-electron chi connectivity index (χ1n) is 8.67. The smallest absolute Gasteiger partial charge is 0.238 e. The average molecular weight is 369 g/mol. The Bertz CT molecular complexity index is 767. The first kappa shape index (κ1) is 18.5. The molecule has 136 valence electrons. The third-order valence-electron chi connectivity index (χ3n) is 4.19. The number of amides is 2. The van der Waals surface area contributed by atoms with E-state index in [1.807, 2.05) is 49.5 Å². The van der Waals surface area contributed by atoms with Crippen LogP contribution in [-0.4, -0.2) is 42.1 Å².